The van der Waals surface area contributed by atoms with E-state index in [0.717, 1.165) is 25.7 Å². The molecule has 148 valence electrons. The normalized spacial score (nSPS) is 18.7. The summed E-state index contributed by atoms with van der Waals surface area (Å²) < 4.78 is 10.5. The van der Waals surface area contributed by atoms with Crippen molar-refractivity contribution in [2.75, 3.05) is 39.5 Å². The van der Waals surface area contributed by atoms with Gasteiger partial charge in [-0.2, -0.15) is 0 Å². The maximum atomic E-state index is 11.7. The van der Waals surface area contributed by atoms with Crippen molar-refractivity contribution < 1.29 is 19.1 Å². The first kappa shape index (κ1) is 22.0. The van der Waals surface area contributed by atoms with Crippen molar-refractivity contribution >= 4 is 11.9 Å². The Balaban J connectivity index is 1.84. The standard InChI is InChI=1S/C16H30N6O4/c1-13-14(21-16(24)20-13)5-3-2-4-6-15(23)18-7-9-25-11-12-26-10-8-19-22-17/h13-14H,2-12H2,1H3,(H,18,23)(H2,20,21,24)/t13-,14+/m0/s1. The van der Waals surface area contributed by atoms with Gasteiger partial charge in [0.25, 0.3) is 0 Å². The zero-order valence-corrected chi connectivity index (χ0v) is 15.4. The van der Waals surface area contributed by atoms with Crippen LogP contribution in [0.3, 0.4) is 0 Å². The third-order valence-electron chi connectivity index (χ3n) is 4.04. The molecule has 0 radical (unpaired) electrons. The Bertz CT molecular complexity index is 470. The average molecular weight is 370 g/mol. The molecule has 10 heteroatoms. The molecule has 0 saturated carbocycles. The summed E-state index contributed by atoms with van der Waals surface area (Å²) in [6, 6.07) is 0.266. The van der Waals surface area contributed by atoms with Crippen molar-refractivity contribution in [2.45, 2.75) is 51.1 Å². The number of rotatable bonds is 15. The van der Waals surface area contributed by atoms with Crippen LogP contribution in [0.15, 0.2) is 5.11 Å². The minimum Gasteiger partial charge on any atom is -0.379 e. The summed E-state index contributed by atoms with van der Waals surface area (Å²) in [6.45, 7) is 4.49. The van der Waals surface area contributed by atoms with Crippen LogP contribution in [0.25, 0.3) is 10.4 Å². The topological polar surface area (TPSA) is 137 Å². The van der Waals surface area contributed by atoms with Crippen molar-refractivity contribution in [3.8, 4) is 0 Å². The van der Waals surface area contributed by atoms with E-state index in [4.69, 9.17) is 15.0 Å². The highest BCUT2D eigenvalue weighted by Crippen LogP contribution is 2.11. The van der Waals surface area contributed by atoms with E-state index in [2.05, 4.69) is 26.0 Å². The molecule has 0 aromatic rings. The fourth-order valence-corrected chi connectivity index (χ4v) is 2.61. The van der Waals surface area contributed by atoms with Crippen molar-refractivity contribution in [3.05, 3.63) is 10.4 Å². The van der Waals surface area contributed by atoms with Gasteiger partial charge in [0.15, 0.2) is 0 Å². The molecule has 0 aromatic carbocycles. The minimum atomic E-state index is -0.0937. The second kappa shape index (κ2) is 14.2. The third-order valence-corrected chi connectivity index (χ3v) is 4.04. The van der Waals surface area contributed by atoms with Gasteiger partial charge in [0.2, 0.25) is 5.91 Å². The van der Waals surface area contributed by atoms with Crippen LogP contribution >= 0.6 is 0 Å². The highest BCUT2D eigenvalue weighted by atomic mass is 16.5. The molecular weight excluding hydrogens is 340 g/mol. The number of hydrogen-bond donors (Lipinski definition) is 3. The molecule has 10 nitrogen and oxygen atoms in total. The van der Waals surface area contributed by atoms with Crippen molar-refractivity contribution in [1.29, 1.82) is 0 Å². The lowest BCUT2D eigenvalue weighted by Gasteiger charge is -2.13. The Hall–Kier alpha value is -2.03. The summed E-state index contributed by atoms with van der Waals surface area (Å²) >= 11 is 0. The van der Waals surface area contributed by atoms with Crippen LogP contribution in [-0.4, -0.2) is 63.5 Å². The fourth-order valence-electron chi connectivity index (χ4n) is 2.61. The molecule has 1 aliphatic rings. The molecule has 3 amide bonds. The predicted molar refractivity (Wildman–Crippen MR) is 96.7 cm³/mol. The van der Waals surface area contributed by atoms with E-state index < -0.39 is 0 Å². The molecule has 0 spiro atoms. The van der Waals surface area contributed by atoms with Gasteiger partial charge in [0, 0.05) is 30.5 Å². The first-order valence-electron chi connectivity index (χ1n) is 9.13. The molecule has 26 heavy (non-hydrogen) atoms. The number of hydrogen-bond acceptors (Lipinski definition) is 5. The molecule has 1 fully saturated rings. The number of nitrogens with zero attached hydrogens (tertiary/aromatic N) is 3. The van der Waals surface area contributed by atoms with E-state index in [1.165, 1.54) is 0 Å². The van der Waals surface area contributed by atoms with Crippen LogP contribution < -0.4 is 16.0 Å². The molecule has 0 aromatic heterocycles. The third kappa shape index (κ3) is 10.8. The van der Waals surface area contributed by atoms with Crippen LogP contribution in [0, 0.1) is 0 Å². The van der Waals surface area contributed by atoms with Gasteiger partial charge in [-0.15, -0.1) is 0 Å². The number of carbonyl (C=O) groups excluding carboxylic acids is 2. The van der Waals surface area contributed by atoms with Crippen LogP contribution in [-0.2, 0) is 14.3 Å². The van der Waals surface area contributed by atoms with Gasteiger partial charge in [-0.1, -0.05) is 18.0 Å². The molecule has 2 atom stereocenters. The lowest BCUT2D eigenvalue weighted by Crippen LogP contribution is -2.30. The summed E-state index contributed by atoms with van der Waals surface area (Å²) in [4.78, 5) is 25.5. The smallest absolute Gasteiger partial charge is 0.315 e. The lowest BCUT2D eigenvalue weighted by molar-refractivity contribution is -0.121. The van der Waals surface area contributed by atoms with Gasteiger partial charge in [-0.3, -0.25) is 4.79 Å². The summed E-state index contributed by atoms with van der Waals surface area (Å²) in [5, 5.41) is 11.9. The number of ether oxygens (including phenoxy) is 2. The number of urea groups is 1. The maximum absolute atomic E-state index is 11.7. The lowest BCUT2D eigenvalue weighted by atomic mass is 10.0. The van der Waals surface area contributed by atoms with E-state index in [1.54, 1.807) is 0 Å². The summed E-state index contributed by atoms with van der Waals surface area (Å²) in [5.41, 5.74) is 8.08. The molecular formula is C16H30N6O4. The molecule has 0 unspecified atom stereocenters. The first-order valence-corrected chi connectivity index (χ1v) is 9.13. The largest absolute Gasteiger partial charge is 0.379 e. The van der Waals surface area contributed by atoms with Gasteiger partial charge in [0.05, 0.1) is 32.5 Å². The quantitative estimate of drug-likeness (QED) is 0.174. The zero-order chi connectivity index (χ0) is 19.0. The number of azide groups is 1. The highest BCUT2D eigenvalue weighted by molar-refractivity contribution is 5.77. The molecule has 1 saturated heterocycles. The van der Waals surface area contributed by atoms with E-state index in [-0.39, 0.29) is 24.0 Å². The Morgan fingerprint density at radius 2 is 1.96 bits per heavy atom. The second-order valence-electron chi connectivity index (χ2n) is 6.14. The van der Waals surface area contributed by atoms with Crippen molar-refractivity contribution in [1.82, 2.24) is 16.0 Å². The number of unbranched alkanes of at least 4 members (excludes halogenated alkanes) is 2. The minimum absolute atomic E-state index is 0.0309. The predicted octanol–water partition coefficient (Wildman–Crippen LogP) is 1.47. The van der Waals surface area contributed by atoms with E-state index in [9.17, 15) is 9.59 Å². The van der Waals surface area contributed by atoms with Crippen LogP contribution in [0.5, 0.6) is 0 Å². The van der Waals surface area contributed by atoms with Crippen LogP contribution in [0.4, 0.5) is 4.79 Å². The summed E-state index contributed by atoms with van der Waals surface area (Å²) in [7, 11) is 0. The van der Waals surface area contributed by atoms with E-state index >= 15 is 0 Å². The monoisotopic (exact) mass is 370 g/mol. The summed E-state index contributed by atoms with van der Waals surface area (Å²) in [6.07, 6.45) is 4.24. The van der Waals surface area contributed by atoms with Crippen molar-refractivity contribution in [3.63, 3.8) is 0 Å². The fraction of sp³-hybridized carbons (Fsp3) is 0.875. The molecule has 3 N–H and O–H groups in total. The molecule has 1 heterocycles. The SMILES string of the molecule is C[C@@H]1NC(=O)N[C@@H]1CCCCCC(=O)NCCOCCOCCN=[N+]=[N-]. The Morgan fingerprint density at radius 1 is 1.19 bits per heavy atom. The van der Waals surface area contributed by atoms with Gasteiger partial charge in [-0.25, -0.2) is 4.79 Å². The maximum Gasteiger partial charge on any atom is 0.315 e. The van der Waals surface area contributed by atoms with Gasteiger partial charge >= 0.3 is 6.03 Å². The molecule has 1 rings (SSSR count). The Kier molecular flexibility index (Phi) is 12.0. The summed E-state index contributed by atoms with van der Waals surface area (Å²) in [5.74, 6) is 0.0309. The Morgan fingerprint density at radius 3 is 2.65 bits per heavy atom. The van der Waals surface area contributed by atoms with Crippen molar-refractivity contribution in [2.24, 2.45) is 5.11 Å². The second-order valence-corrected chi connectivity index (χ2v) is 6.14. The van der Waals surface area contributed by atoms with E-state index in [0.29, 0.717) is 45.9 Å². The van der Waals surface area contributed by atoms with Gasteiger partial charge < -0.3 is 25.4 Å². The van der Waals surface area contributed by atoms with Gasteiger partial charge in [0.1, 0.15) is 0 Å². The number of carbonyl (C=O) groups is 2. The molecule has 1 aliphatic heterocycles. The van der Waals surface area contributed by atoms with Crippen LogP contribution in [0.2, 0.25) is 0 Å². The number of nitrogens with one attached hydrogen (secondary N) is 3. The average Bonchev–Trinajstić information content (AvgIpc) is 2.93. The molecule has 0 aliphatic carbocycles. The van der Waals surface area contributed by atoms with E-state index in [1.807, 2.05) is 6.92 Å². The molecule has 0 bridgehead atoms. The van der Waals surface area contributed by atoms with Gasteiger partial charge in [-0.05, 0) is 25.3 Å². The first-order chi connectivity index (χ1) is 12.6. The zero-order valence-electron chi connectivity index (χ0n) is 15.4. The number of amides is 3. The van der Waals surface area contributed by atoms with Crippen LogP contribution in [0.1, 0.15) is 39.0 Å². The highest BCUT2D eigenvalue weighted by Gasteiger charge is 2.26. The Labute approximate surface area is 154 Å².